The molecule has 0 radical (unpaired) electrons. The van der Waals surface area contributed by atoms with Gasteiger partial charge in [0.25, 0.3) is 0 Å². The van der Waals surface area contributed by atoms with Crippen LogP contribution < -0.4 is 10.6 Å². The maximum absolute atomic E-state index is 13.7. The number of aryl methyl sites for hydroxylation is 1. The number of thiocarbonyl (C=S) groups is 1. The Labute approximate surface area is 136 Å². The molecular weight excluding hydrogens is 295 g/mol. The second-order valence-electron chi connectivity index (χ2n) is 5.49. The molecule has 2 rings (SSSR count). The second kappa shape index (κ2) is 7.36. The number of rotatable bonds is 4. The van der Waals surface area contributed by atoms with Gasteiger partial charge in [0.05, 0.1) is 5.69 Å². The van der Waals surface area contributed by atoms with Crippen molar-refractivity contribution in [3.63, 3.8) is 0 Å². The van der Waals surface area contributed by atoms with Crippen LogP contribution in [-0.2, 0) is 0 Å². The van der Waals surface area contributed by atoms with Gasteiger partial charge in [0.2, 0.25) is 0 Å². The van der Waals surface area contributed by atoms with Gasteiger partial charge in [0.15, 0.2) is 5.11 Å². The lowest BCUT2D eigenvalue weighted by molar-refractivity contribution is 0.632. The lowest BCUT2D eigenvalue weighted by Gasteiger charge is -2.13. The first-order valence-electron chi connectivity index (χ1n) is 7.43. The first-order chi connectivity index (χ1) is 10.5. The van der Waals surface area contributed by atoms with Gasteiger partial charge in [-0.25, -0.2) is 4.39 Å². The summed E-state index contributed by atoms with van der Waals surface area (Å²) in [6.45, 7) is 6.29. The van der Waals surface area contributed by atoms with E-state index in [1.54, 1.807) is 12.1 Å². The van der Waals surface area contributed by atoms with Crippen LogP contribution in [0.1, 0.15) is 37.3 Å². The quantitative estimate of drug-likeness (QED) is 0.733. The van der Waals surface area contributed by atoms with E-state index in [-0.39, 0.29) is 5.82 Å². The number of benzene rings is 2. The normalized spacial score (nSPS) is 11.8. The van der Waals surface area contributed by atoms with E-state index in [1.165, 1.54) is 11.6 Å². The highest BCUT2D eigenvalue weighted by atomic mass is 32.1. The van der Waals surface area contributed by atoms with Crippen molar-refractivity contribution in [2.24, 2.45) is 0 Å². The summed E-state index contributed by atoms with van der Waals surface area (Å²) in [5.74, 6) is 0.224. The maximum Gasteiger partial charge on any atom is 0.175 e. The fourth-order valence-electron chi connectivity index (χ4n) is 2.15. The molecule has 1 unspecified atom stereocenters. The van der Waals surface area contributed by atoms with Gasteiger partial charge < -0.3 is 10.6 Å². The zero-order valence-corrected chi connectivity index (χ0v) is 13.9. The topological polar surface area (TPSA) is 24.1 Å². The first-order valence-corrected chi connectivity index (χ1v) is 7.84. The van der Waals surface area contributed by atoms with Gasteiger partial charge in [-0.15, -0.1) is 0 Å². The van der Waals surface area contributed by atoms with Gasteiger partial charge in [-0.1, -0.05) is 32.0 Å². The van der Waals surface area contributed by atoms with Gasteiger partial charge in [-0.2, -0.15) is 0 Å². The highest BCUT2D eigenvalue weighted by Crippen LogP contribution is 2.21. The molecule has 0 fully saturated rings. The SMILES string of the molecule is CCC(C)c1ccc(NC(=S)Nc2cc(C)ccc2F)cc1. The molecule has 116 valence electrons. The molecule has 0 saturated heterocycles. The summed E-state index contributed by atoms with van der Waals surface area (Å²) >= 11 is 5.24. The number of anilines is 2. The molecule has 2 nitrogen and oxygen atoms in total. The van der Waals surface area contributed by atoms with Gasteiger partial charge in [-0.3, -0.25) is 0 Å². The monoisotopic (exact) mass is 316 g/mol. The van der Waals surface area contributed by atoms with E-state index >= 15 is 0 Å². The summed E-state index contributed by atoms with van der Waals surface area (Å²) < 4.78 is 13.7. The van der Waals surface area contributed by atoms with E-state index in [9.17, 15) is 4.39 Å². The maximum atomic E-state index is 13.7. The third-order valence-corrected chi connectivity index (χ3v) is 3.92. The van der Waals surface area contributed by atoms with Crippen LogP contribution in [0.4, 0.5) is 15.8 Å². The van der Waals surface area contributed by atoms with Crippen LogP contribution in [0.15, 0.2) is 42.5 Å². The number of hydrogen-bond acceptors (Lipinski definition) is 1. The van der Waals surface area contributed by atoms with Crippen molar-refractivity contribution >= 4 is 28.7 Å². The van der Waals surface area contributed by atoms with Crippen LogP contribution in [0.3, 0.4) is 0 Å². The van der Waals surface area contributed by atoms with Crippen LogP contribution >= 0.6 is 12.2 Å². The van der Waals surface area contributed by atoms with Gasteiger partial charge in [-0.05, 0) is 66.9 Å². The average molecular weight is 316 g/mol. The summed E-state index contributed by atoms with van der Waals surface area (Å²) in [6.07, 6.45) is 1.11. The fraction of sp³-hybridized carbons (Fsp3) is 0.278. The average Bonchev–Trinajstić information content (AvgIpc) is 2.51. The minimum absolute atomic E-state index is 0.318. The highest BCUT2D eigenvalue weighted by molar-refractivity contribution is 7.80. The second-order valence-corrected chi connectivity index (χ2v) is 5.90. The summed E-state index contributed by atoms with van der Waals surface area (Å²) in [4.78, 5) is 0. The minimum Gasteiger partial charge on any atom is -0.332 e. The Morgan fingerprint density at radius 1 is 1.14 bits per heavy atom. The summed E-state index contributed by atoms with van der Waals surface area (Å²) in [6, 6.07) is 13.0. The molecule has 2 N–H and O–H groups in total. The third kappa shape index (κ3) is 4.28. The van der Waals surface area contributed by atoms with E-state index in [0.29, 0.717) is 16.7 Å². The van der Waals surface area contributed by atoms with Crippen molar-refractivity contribution in [1.29, 1.82) is 0 Å². The lowest BCUT2D eigenvalue weighted by Crippen LogP contribution is -2.19. The lowest BCUT2D eigenvalue weighted by atomic mass is 9.99. The van der Waals surface area contributed by atoms with Gasteiger partial charge in [0, 0.05) is 5.69 Å². The summed E-state index contributed by atoms with van der Waals surface area (Å²) in [5, 5.41) is 6.34. The molecule has 2 aromatic rings. The molecule has 0 aliphatic heterocycles. The Balaban J connectivity index is 2.01. The molecule has 0 spiro atoms. The van der Waals surface area contributed by atoms with Crippen LogP contribution in [0, 0.1) is 12.7 Å². The van der Waals surface area contributed by atoms with Crippen LogP contribution in [0.25, 0.3) is 0 Å². The van der Waals surface area contributed by atoms with Gasteiger partial charge in [0.1, 0.15) is 5.82 Å². The standard InChI is InChI=1S/C18H21FN2S/c1-4-13(3)14-6-8-15(9-7-14)20-18(22)21-17-11-12(2)5-10-16(17)19/h5-11,13H,4H2,1-3H3,(H2,20,21,22). The molecule has 4 heteroatoms. The molecule has 2 aromatic carbocycles. The van der Waals surface area contributed by atoms with Crippen LogP contribution in [0.2, 0.25) is 0 Å². The van der Waals surface area contributed by atoms with Crippen molar-refractivity contribution in [3.05, 3.63) is 59.4 Å². The predicted molar refractivity (Wildman–Crippen MR) is 96.1 cm³/mol. The molecule has 0 heterocycles. The summed E-state index contributed by atoms with van der Waals surface area (Å²) in [5.41, 5.74) is 3.55. The molecule has 0 saturated carbocycles. The minimum atomic E-state index is -0.318. The van der Waals surface area contributed by atoms with E-state index in [1.807, 2.05) is 19.1 Å². The van der Waals surface area contributed by atoms with E-state index in [0.717, 1.165) is 17.7 Å². The molecular formula is C18H21FN2S. The zero-order valence-electron chi connectivity index (χ0n) is 13.1. The number of nitrogens with one attached hydrogen (secondary N) is 2. The van der Waals surface area contributed by atoms with Gasteiger partial charge >= 0.3 is 0 Å². The Morgan fingerprint density at radius 2 is 1.82 bits per heavy atom. The molecule has 0 aromatic heterocycles. The zero-order chi connectivity index (χ0) is 16.1. The van der Waals surface area contributed by atoms with Crippen LogP contribution in [0.5, 0.6) is 0 Å². The molecule has 1 atom stereocenters. The Hall–Kier alpha value is -1.94. The highest BCUT2D eigenvalue weighted by Gasteiger charge is 2.06. The van der Waals surface area contributed by atoms with Crippen molar-refractivity contribution in [3.8, 4) is 0 Å². The van der Waals surface area contributed by atoms with Crippen molar-refractivity contribution in [1.82, 2.24) is 0 Å². The van der Waals surface area contributed by atoms with Crippen LogP contribution in [-0.4, -0.2) is 5.11 Å². The first kappa shape index (κ1) is 16.4. The van der Waals surface area contributed by atoms with E-state index in [2.05, 4.69) is 36.6 Å². The van der Waals surface area contributed by atoms with Crippen molar-refractivity contribution in [2.45, 2.75) is 33.1 Å². The number of hydrogen-bond donors (Lipinski definition) is 2. The molecule has 0 aliphatic rings. The molecule has 0 bridgehead atoms. The Bertz CT molecular complexity index is 653. The largest absolute Gasteiger partial charge is 0.332 e. The molecule has 0 aliphatic carbocycles. The predicted octanol–water partition coefficient (Wildman–Crippen LogP) is 5.46. The van der Waals surface area contributed by atoms with E-state index in [4.69, 9.17) is 12.2 Å². The summed E-state index contributed by atoms with van der Waals surface area (Å²) in [7, 11) is 0. The van der Waals surface area contributed by atoms with Crippen molar-refractivity contribution in [2.75, 3.05) is 10.6 Å². The van der Waals surface area contributed by atoms with E-state index < -0.39 is 0 Å². The molecule has 0 amide bonds. The third-order valence-electron chi connectivity index (χ3n) is 3.72. The fourth-order valence-corrected chi connectivity index (χ4v) is 2.38. The Morgan fingerprint density at radius 3 is 2.45 bits per heavy atom. The number of halogens is 1. The smallest absolute Gasteiger partial charge is 0.175 e. The molecule has 22 heavy (non-hydrogen) atoms. The van der Waals surface area contributed by atoms with Crippen molar-refractivity contribution < 1.29 is 4.39 Å². The Kier molecular flexibility index (Phi) is 5.50.